The second-order valence-electron chi connectivity index (χ2n) is 4.61. The van der Waals surface area contributed by atoms with Crippen molar-refractivity contribution in [2.24, 2.45) is 5.10 Å². The number of nitrogens with zero attached hydrogens (tertiary/aromatic N) is 1. The van der Waals surface area contributed by atoms with Gasteiger partial charge < -0.3 is 10.5 Å². The molecule has 0 aliphatic heterocycles. The first-order chi connectivity index (χ1) is 10.5. The minimum atomic E-state index is -0.299. The molecule has 22 heavy (non-hydrogen) atoms. The molecule has 3 N–H and O–H groups in total. The molecule has 5 nitrogen and oxygen atoms in total. The Morgan fingerprint density at radius 1 is 1.23 bits per heavy atom. The molecule has 0 unspecified atom stereocenters. The number of halogens is 1. The Morgan fingerprint density at radius 2 is 2.00 bits per heavy atom. The van der Waals surface area contributed by atoms with Crippen LogP contribution < -0.4 is 15.9 Å². The number of amides is 1. The van der Waals surface area contributed by atoms with Gasteiger partial charge in [-0.3, -0.25) is 4.79 Å². The van der Waals surface area contributed by atoms with Crippen LogP contribution in [0.4, 0.5) is 5.69 Å². The lowest BCUT2D eigenvalue weighted by Crippen LogP contribution is -2.19. The number of carbonyl (C=O) groups excluding carboxylic acids is 1. The Balaban J connectivity index is 2.12. The molecule has 0 atom stereocenters. The van der Waals surface area contributed by atoms with E-state index >= 15 is 0 Å². The van der Waals surface area contributed by atoms with Crippen LogP contribution in [0, 0.1) is 0 Å². The average molecular weight is 362 g/mol. The number of nitrogen functional groups attached to an aromatic ring is 1. The standard InChI is InChI=1S/C16H16BrN3O2/c1-10(11-4-3-5-13(18)8-11)19-20-16(21)12-6-7-15(22-2)14(17)9-12/h3-9H,18H2,1-2H3,(H,20,21). The third-order valence-electron chi connectivity index (χ3n) is 3.04. The van der Waals surface area contributed by atoms with Crippen molar-refractivity contribution in [1.82, 2.24) is 5.43 Å². The minimum Gasteiger partial charge on any atom is -0.496 e. The van der Waals surface area contributed by atoms with Crippen LogP contribution in [0.15, 0.2) is 52.0 Å². The summed E-state index contributed by atoms with van der Waals surface area (Å²) in [6.07, 6.45) is 0. The molecule has 1 amide bonds. The second kappa shape index (κ2) is 7.09. The van der Waals surface area contributed by atoms with Gasteiger partial charge in [0.15, 0.2) is 0 Å². The predicted octanol–water partition coefficient (Wildman–Crippen LogP) is 3.19. The third-order valence-corrected chi connectivity index (χ3v) is 3.66. The van der Waals surface area contributed by atoms with E-state index < -0.39 is 0 Å². The average Bonchev–Trinajstić information content (AvgIpc) is 2.52. The Morgan fingerprint density at radius 3 is 2.64 bits per heavy atom. The van der Waals surface area contributed by atoms with Crippen molar-refractivity contribution in [2.45, 2.75) is 6.92 Å². The van der Waals surface area contributed by atoms with Gasteiger partial charge in [0.05, 0.1) is 17.3 Å². The number of benzene rings is 2. The molecule has 0 fully saturated rings. The number of ether oxygens (including phenoxy) is 1. The van der Waals surface area contributed by atoms with Gasteiger partial charge in [-0.25, -0.2) is 5.43 Å². The van der Waals surface area contributed by atoms with Crippen molar-refractivity contribution in [3.8, 4) is 5.75 Å². The van der Waals surface area contributed by atoms with Gasteiger partial charge in [0.25, 0.3) is 5.91 Å². The van der Waals surface area contributed by atoms with Crippen LogP contribution in [-0.2, 0) is 0 Å². The summed E-state index contributed by atoms with van der Waals surface area (Å²) in [5.41, 5.74) is 10.9. The van der Waals surface area contributed by atoms with Gasteiger partial charge in [0.1, 0.15) is 5.75 Å². The summed E-state index contributed by atoms with van der Waals surface area (Å²) >= 11 is 3.35. The van der Waals surface area contributed by atoms with Crippen molar-refractivity contribution in [2.75, 3.05) is 12.8 Å². The fraction of sp³-hybridized carbons (Fsp3) is 0.125. The Hall–Kier alpha value is -2.34. The normalized spacial score (nSPS) is 11.1. The number of nitrogens with one attached hydrogen (secondary N) is 1. The SMILES string of the molecule is COc1ccc(C(=O)NN=C(C)c2cccc(N)c2)cc1Br. The van der Waals surface area contributed by atoms with E-state index in [1.165, 1.54) is 0 Å². The maximum atomic E-state index is 12.1. The highest BCUT2D eigenvalue weighted by Crippen LogP contribution is 2.25. The van der Waals surface area contributed by atoms with Crippen LogP contribution >= 0.6 is 15.9 Å². The quantitative estimate of drug-likeness (QED) is 0.498. The van der Waals surface area contributed by atoms with E-state index in [9.17, 15) is 4.79 Å². The molecule has 2 aromatic rings. The summed E-state index contributed by atoms with van der Waals surface area (Å²) in [5.74, 6) is 0.364. The number of hydrogen-bond donors (Lipinski definition) is 2. The van der Waals surface area contributed by atoms with E-state index in [1.807, 2.05) is 12.1 Å². The van der Waals surface area contributed by atoms with E-state index in [4.69, 9.17) is 10.5 Å². The van der Waals surface area contributed by atoms with Gasteiger partial charge in [-0.1, -0.05) is 12.1 Å². The zero-order chi connectivity index (χ0) is 16.1. The number of carbonyl (C=O) groups is 1. The lowest BCUT2D eigenvalue weighted by molar-refractivity contribution is 0.0954. The van der Waals surface area contributed by atoms with Crippen LogP contribution in [0.1, 0.15) is 22.8 Å². The van der Waals surface area contributed by atoms with E-state index in [0.29, 0.717) is 27.2 Å². The van der Waals surface area contributed by atoms with Gasteiger partial charge in [0.2, 0.25) is 0 Å². The topological polar surface area (TPSA) is 76.7 Å². The lowest BCUT2D eigenvalue weighted by atomic mass is 10.1. The van der Waals surface area contributed by atoms with E-state index in [0.717, 1.165) is 5.56 Å². The highest BCUT2D eigenvalue weighted by Gasteiger charge is 2.08. The van der Waals surface area contributed by atoms with E-state index in [-0.39, 0.29) is 5.91 Å². The van der Waals surface area contributed by atoms with Gasteiger partial charge in [0, 0.05) is 11.3 Å². The first kappa shape index (κ1) is 16.0. The smallest absolute Gasteiger partial charge is 0.271 e. The molecule has 2 aromatic carbocycles. The maximum Gasteiger partial charge on any atom is 0.271 e. The maximum absolute atomic E-state index is 12.1. The van der Waals surface area contributed by atoms with Crippen LogP contribution in [0.3, 0.4) is 0 Å². The first-order valence-corrected chi connectivity index (χ1v) is 7.34. The molecule has 0 saturated heterocycles. The Kier molecular flexibility index (Phi) is 5.16. The molecule has 0 aliphatic carbocycles. The summed E-state index contributed by atoms with van der Waals surface area (Å²) in [7, 11) is 1.57. The van der Waals surface area contributed by atoms with Crippen molar-refractivity contribution in [3.63, 3.8) is 0 Å². The van der Waals surface area contributed by atoms with Crippen LogP contribution in [0.25, 0.3) is 0 Å². The molecule has 0 radical (unpaired) electrons. The van der Waals surface area contributed by atoms with E-state index in [2.05, 4.69) is 26.5 Å². The zero-order valence-electron chi connectivity index (χ0n) is 12.3. The summed E-state index contributed by atoms with van der Waals surface area (Å²) in [5, 5.41) is 4.10. The number of hydrazone groups is 1. The number of methoxy groups -OCH3 is 1. The molecule has 0 bridgehead atoms. The van der Waals surface area contributed by atoms with Crippen LogP contribution in [-0.4, -0.2) is 18.7 Å². The van der Waals surface area contributed by atoms with Crippen molar-refractivity contribution in [3.05, 3.63) is 58.1 Å². The van der Waals surface area contributed by atoms with Crippen molar-refractivity contribution >= 4 is 33.2 Å². The minimum absolute atomic E-state index is 0.299. The van der Waals surface area contributed by atoms with Crippen molar-refractivity contribution < 1.29 is 9.53 Å². The molecule has 0 aliphatic rings. The zero-order valence-corrected chi connectivity index (χ0v) is 13.8. The highest BCUT2D eigenvalue weighted by molar-refractivity contribution is 9.10. The highest BCUT2D eigenvalue weighted by atomic mass is 79.9. The molecule has 6 heteroatoms. The van der Waals surface area contributed by atoms with E-state index in [1.54, 1.807) is 44.4 Å². The molecular formula is C16H16BrN3O2. The van der Waals surface area contributed by atoms with Crippen molar-refractivity contribution in [1.29, 1.82) is 0 Å². The molecule has 2 rings (SSSR count). The molecular weight excluding hydrogens is 346 g/mol. The molecule has 0 spiro atoms. The lowest BCUT2D eigenvalue weighted by Gasteiger charge is -2.06. The molecule has 114 valence electrons. The fourth-order valence-electron chi connectivity index (χ4n) is 1.84. The molecule has 0 aromatic heterocycles. The Labute approximate surface area is 137 Å². The number of hydrogen-bond acceptors (Lipinski definition) is 4. The second-order valence-corrected chi connectivity index (χ2v) is 5.47. The van der Waals surface area contributed by atoms with Gasteiger partial charge in [-0.2, -0.15) is 5.10 Å². The largest absolute Gasteiger partial charge is 0.496 e. The summed E-state index contributed by atoms with van der Waals surface area (Å²) in [4.78, 5) is 12.1. The summed E-state index contributed by atoms with van der Waals surface area (Å²) in [6.45, 7) is 1.80. The molecule has 0 saturated carbocycles. The van der Waals surface area contributed by atoms with Gasteiger partial charge >= 0.3 is 0 Å². The molecule has 0 heterocycles. The van der Waals surface area contributed by atoms with Gasteiger partial charge in [-0.05, 0) is 58.7 Å². The van der Waals surface area contributed by atoms with Crippen LogP contribution in [0.2, 0.25) is 0 Å². The third kappa shape index (κ3) is 3.85. The fourth-order valence-corrected chi connectivity index (χ4v) is 2.38. The Bertz CT molecular complexity index is 729. The first-order valence-electron chi connectivity index (χ1n) is 6.55. The van der Waals surface area contributed by atoms with Crippen LogP contribution in [0.5, 0.6) is 5.75 Å². The monoisotopic (exact) mass is 361 g/mol. The summed E-state index contributed by atoms with van der Waals surface area (Å²) in [6, 6.07) is 12.4. The number of rotatable bonds is 4. The number of anilines is 1. The predicted molar refractivity (Wildman–Crippen MR) is 91.2 cm³/mol. The van der Waals surface area contributed by atoms with Gasteiger partial charge in [-0.15, -0.1) is 0 Å². The number of nitrogens with two attached hydrogens (primary N) is 1. The summed E-state index contributed by atoms with van der Waals surface area (Å²) < 4.78 is 5.84.